The number of hydrogen-bond donors (Lipinski definition) is 2. The van der Waals surface area contributed by atoms with E-state index >= 15 is 0 Å². The molecule has 7 nitrogen and oxygen atoms in total. The van der Waals surface area contributed by atoms with Crippen molar-refractivity contribution in [1.29, 1.82) is 0 Å². The number of rotatable bonds is 5. The van der Waals surface area contributed by atoms with E-state index in [9.17, 15) is 9.59 Å². The van der Waals surface area contributed by atoms with E-state index < -0.39 is 5.97 Å². The van der Waals surface area contributed by atoms with Crippen LogP contribution in [0.2, 0.25) is 0 Å². The molecule has 7 heteroatoms. The van der Waals surface area contributed by atoms with Gasteiger partial charge in [-0.2, -0.15) is 15.4 Å². The number of aromatic amines is 1. The second-order valence-electron chi connectivity index (χ2n) is 4.76. The van der Waals surface area contributed by atoms with Crippen molar-refractivity contribution in [3.8, 4) is 0 Å². The maximum Gasteiger partial charge on any atom is 0.305 e. The summed E-state index contributed by atoms with van der Waals surface area (Å²) in [7, 11) is 0. The molecule has 0 saturated carbocycles. The summed E-state index contributed by atoms with van der Waals surface area (Å²) < 4.78 is 0. The lowest BCUT2D eigenvalue weighted by Gasteiger charge is -2.26. The Morgan fingerprint density at radius 1 is 1.30 bits per heavy atom. The number of fused-ring (bicyclic) bond motifs is 1. The Kier molecular flexibility index (Phi) is 3.97. The summed E-state index contributed by atoms with van der Waals surface area (Å²) in [6.45, 7) is 3.89. The Labute approximate surface area is 115 Å². The molecule has 0 spiro atoms. The fourth-order valence-electron chi connectivity index (χ4n) is 1.95. The molecule has 1 heterocycles. The fourth-order valence-corrected chi connectivity index (χ4v) is 1.95. The van der Waals surface area contributed by atoms with Crippen LogP contribution in [0.3, 0.4) is 0 Å². The minimum Gasteiger partial charge on any atom is -0.481 e. The van der Waals surface area contributed by atoms with E-state index in [1.54, 1.807) is 18.2 Å². The molecule has 0 atom stereocenters. The van der Waals surface area contributed by atoms with Gasteiger partial charge in [0, 0.05) is 18.2 Å². The van der Waals surface area contributed by atoms with E-state index in [4.69, 9.17) is 5.11 Å². The van der Waals surface area contributed by atoms with Crippen molar-refractivity contribution in [3.63, 3.8) is 0 Å². The third-order valence-corrected chi connectivity index (χ3v) is 3.01. The first kappa shape index (κ1) is 14.0. The molecule has 0 aliphatic carbocycles. The van der Waals surface area contributed by atoms with Crippen molar-refractivity contribution in [2.75, 3.05) is 6.54 Å². The maximum atomic E-state index is 12.4. The highest BCUT2D eigenvalue weighted by molar-refractivity contribution is 5.97. The Morgan fingerprint density at radius 2 is 2.00 bits per heavy atom. The summed E-state index contributed by atoms with van der Waals surface area (Å²) in [5, 5.41) is 19.1. The van der Waals surface area contributed by atoms with Crippen LogP contribution in [0.15, 0.2) is 18.2 Å². The van der Waals surface area contributed by atoms with Crippen molar-refractivity contribution < 1.29 is 14.7 Å². The summed E-state index contributed by atoms with van der Waals surface area (Å²) in [6.07, 6.45) is -0.0733. The molecule has 1 aromatic heterocycles. The highest BCUT2D eigenvalue weighted by Crippen LogP contribution is 2.14. The summed E-state index contributed by atoms with van der Waals surface area (Å²) in [4.78, 5) is 24.6. The van der Waals surface area contributed by atoms with Crippen molar-refractivity contribution in [2.45, 2.75) is 26.3 Å². The van der Waals surface area contributed by atoms with Crippen LogP contribution in [0, 0.1) is 0 Å². The molecule has 2 rings (SSSR count). The van der Waals surface area contributed by atoms with Gasteiger partial charge in [-0.25, -0.2) is 0 Å². The molecule has 0 unspecified atom stereocenters. The molecular formula is C13H16N4O3. The number of carbonyl (C=O) groups excluding carboxylic acids is 1. The van der Waals surface area contributed by atoms with Gasteiger partial charge in [0.25, 0.3) is 5.91 Å². The summed E-state index contributed by atoms with van der Waals surface area (Å²) in [6, 6.07) is 4.96. The monoisotopic (exact) mass is 276 g/mol. The minimum absolute atomic E-state index is 0.0733. The zero-order valence-electron chi connectivity index (χ0n) is 11.3. The lowest BCUT2D eigenvalue weighted by atomic mass is 10.1. The normalized spacial score (nSPS) is 10.9. The van der Waals surface area contributed by atoms with Gasteiger partial charge in [-0.1, -0.05) is 0 Å². The molecule has 0 aliphatic rings. The number of nitrogens with one attached hydrogen (secondary N) is 1. The average molecular weight is 276 g/mol. The third kappa shape index (κ3) is 2.93. The van der Waals surface area contributed by atoms with Gasteiger partial charge in [-0.3, -0.25) is 9.59 Å². The topological polar surface area (TPSA) is 99.2 Å². The number of carbonyl (C=O) groups is 2. The highest BCUT2D eigenvalue weighted by Gasteiger charge is 2.20. The SMILES string of the molecule is CC(C)N(CCC(=O)O)C(=O)c1ccc2n[nH]nc2c1. The average Bonchev–Trinajstić information content (AvgIpc) is 2.84. The number of amides is 1. The lowest BCUT2D eigenvalue weighted by molar-refractivity contribution is -0.137. The molecule has 2 aromatic rings. The van der Waals surface area contributed by atoms with Gasteiger partial charge in [-0.15, -0.1) is 0 Å². The number of aromatic nitrogens is 3. The predicted octanol–water partition coefficient (Wildman–Crippen LogP) is 1.28. The van der Waals surface area contributed by atoms with Crippen LogP contribution in [0.1, 0.15) is 30.6 Å². The van der Waals surface area contributed by atoms with Gasteiger partial charge < -0.3 is 10.0 Å². The van der Waals surface area contributed by atoms with Crippen LogP contribution in [0.4, 0.5) is 0 Å². The molecule has 1 aromatic carbocycles. The van der Waals surface area contributed by atoms with Crippen LogP contribution in [-0.4, -0.2) is 49.9 Å². The largest absolute Gasteiger partial charge is 0.481 e. The molecule has 2 N–H and O–H groups in total. The lowest BCUT2D eigenvalue weighted by Crippen LogP contribution is -2.38. The molecule has 106 valence electrons. The predicted molar refractivity (Wildman–Crippen MR) is 72.3 cm³/mol. The quantitative estimate of drug-likeness (QED) is 0.857. The zero-order valence-corrected chi connectivity index (χ0v) is 11.3. The van der Waals surface area contributed by atoms with Crippen LogP contribution < -0.4 is 0 Å². The van der Waals surface area contributed by atoms with E-state index in [0.29, 0.717) is 16.6 Å². The minimum atomic E-state index is -0.921. The van der Waals surface area contributed by atoms with E-state index in [1.807, 2.05) is 13.8 Å². The molecule has 1 amide bonds. The Bertz CT molecular complexity index is 635. The molecule has 0 radical (unpaired) electrons. The van der Waals surface area contributed by atoms with Crippen molar-refractivity contribution in [2.24, 2.45) is 0 Å². The fraction of sp³-hybridized carbons (Fsp3) is 0.385. The summed E-state index contributed by atoms with van der Waals surface area (Å²) in [5.41, 5.74) is 1.77. The Morgan fingerprint density at radius 3 is 2.65 bits per heavy atom. The summed E-state index contributed by atoms with van der Waals surface area (Å²) >= 11 is 0. The van der Waals surface area contributed by atoms with Crippen molar-refractivity contribution in [1.82, 2.24) is 20.3 Å². The van der Waals surface area contributed by atoms with Gasteiger partial charge in [0.15, 0.2) is 0 Å². The second-order valence-corrected chi connectivity index (χ2v) is 4.76. The second kappa shape index (κ2) is 5.68. The van der Waals surface area contributed by atoms with Crippen LogP contribution >= 0.6 is 0 Å². The van der Waals surface area contributed by atoms with Gasteiger partial charge in [0.05, 0.1) is 6.42 Å². The number of H-pyrrole nitrogens is 1. The van der Waals surface area contributed by atoms with E-state index in [2.05, 4.69) is 15.4 Å². The first-order valence-electron chi connectivity index (χ1n) is 6.32. The summed E-state index contributed by atoms with van der Waals surface area (Å²) in [5.74, 6) is -1.12. The van der Waals surface area contributed by atoms with Gasteiger partial charge in [-0.05, 0) is 32.0 Å². The van der Waals surface area contributed by atoms with Gasteiger partial charge in [0.2, 0.25) is 0 Å². The number of nitrogens with zero attached hydrogens (tertiary/aromatic N) is 3. The van der Waals surface area contributed by atoms with E-state index in [0.717, 1.165) is 0 Å². The van der Waals surface area contributed by atoms with Crippen LogP contribution in [-0.2, 0) is 4.79 Å². The van der Waals surface area contributed by atoms with Crippen molar-refractivity contribution >= 4 is 22.9 Å². The van der Waals surface area contributed by atoms with Gasteiger partial charge in [0.1, 0.15) is 11.0 Å². The zero-order chi connectivity index (χ0) is 14.7. The Hall–Kier alpha value is -2.44. The van der Waals surface area contributed by atoms with Crippen LogP contribution in [0.5, 0.6) is 0 Å². The number of aliphatic carboxylic acids is 1. The standard InChI is InChI=1S/C13H16N4O3/c1-8(2)17(6-5-12(18)19)13(20)9-3-4-10-11(7-9)15-16-14-10/h3-4,7-8H,5-6H2,1-2H3,(H,18,19)(H,14,15,16). The number of hydrogen-bond acceptors (Lipinski definition) is 4. The molecule has 20 heavy (non-hydrogen) atoms. The van der Waals surface area contributed by atoms with Gasteiger partial charge >= 0.3 is 5.97 Å². The smallest absolute Gasteiger partial charge is 0.305 e. The molecule has 0 fully saturated rings. The number of carboxylic acid groups (broad SMARTS) is 1. The first-order chi connectivity index (χ1) is 9.49. The van der Waals surface area contributed by atoms with Crippen molar-refractivity contribution in [3.05, 3.63) is 23.8 Å². The number of carboxylic acids is 1. The molecular weight excluding hydrogens is 260 g/mol. The highest BCUT2D eigenvalue weighted by atomic mass is 16.4. The van der Waals surface area contributed by atoms with E-state index in [-0.39, 0.29) is 24.9 Å². The first-order valence-corrected chi connectivity index (χ1v) is 6.32. The number of benzene rings is 1. The molecule has 0 aliphatic heterocycles. The van der Waals surface area contributed by atoms with E-state index in [1.165, 1.54) is 4.90 Å². The third-order valence-electron chi connectivity index (χ3n) is 3.01. The Balaban J connectivity index is 2.23. The molecule has 0 saturated heterocycles. The van der Waals surface area contributed by atoms with Crippen LogP contribution in [0.25, 0.3) is 11.0 Å². The molecule has 0 bridgehead atoms. The maximum absolute atomic E-state index is 12.4.